The van der Waals surface area contributed by atoms with E-state index < -0.39 is 0 Å². The van der Waals surface area contributed by atoms with E-state index in [0.29, 0.717) is 11.5 Å². The molecule has 2 nitrogen and oxygen atoms in total. The number of unbranched alkanes of at least 4 members (excludes halogenated alkanes) is 1. The molecule has 0 aliphatic heterocycles. The van der Waals surface area contributed by atoms with Crippen LogP contribution in [0, 0.1) is 0 Å². The summed E-state index contributed by atoms with van der Waals surface area (Å²) >= 11 is 3.95. The van der Waals surface area contributed by atoms with Gasteiger partial charge in [-0.2, -0.15) is 0 Å². The number of hydrogen-bond donors (Lipinski definition) is 0. The molecule has 0 aromatic heterocycles. The largest absolute Gasteiger partial charge is 0.363 e. The topological polar surface area (TPSA) is 12.5 Å². The van der Waals surface area contributed by atoms with Gasteiger partial charge in [0.15, 0.2) is 0 Å². The van der Waals surface area contributed by atoms with E-state index in [2.05, 4.69) is 38.9 Å². The maximum absolute atomic E-state index is 6.17. The minimum atomic E-state index is 0.325. The van der Waals surface area contributed by atoms with Crippen LogP contribution in [0.5, 0.6) is 0 Å². The molecule has 0 amide bonds. The highest BCUT2D eigenvalue weighted by Crippen LogP contribution is 2.22. The van der Waals surface area contributed by atoms with Crippen molar-refractivity contribution in [1.82, 2.24) is 4.31 Å². The van der Waals surface area contributed by atoms with Gasteiger partial charge in [-0.25, -0.2) is 4.31 Å². The van der Waals surface area contributed by atoms with Crippen molar-refractivity contribution >= 4 is 23.7 Å². The summed E-state index contributed by atoms with van der Waals surface area (Å²) < 4.78 is 8.62. The second-order valence-corrected chi connectivity index (χ2v) is 7.27. The van der Waals surface area contributed by atoms with Gasteiger partial charge >= 0.3 is 0 Å². The molecule has 116 valence electrons. The monoisotopic (exact) mass is 307 g/mol. The fourth-order valence-corrected chi connectivity index (χ4v) is 3.74. The Kier molecular flexibility index (Phi) is 14.0. The second-order valence-electron chi connectivity index (χ2n) is 4.82. The molecule has 2 unspecified atom stereocenters. The number of hydrogen-bond acceptors (Lipinski definition) is 4. The van der Waals surface area contributed by atoms with Gasteiger partial charge in [0.2, 0.25) is 0 Å². The van der Waals surface area contributed by atoms with E-state index in [4.69, 9.17) is 4.74 Å². The molecular weight excluding hydrogens is 274 g/mol. The van der Waals surface area contributed by atoms with Crippen LogP contribution in [0.3, 0.4) is 0 Å². The summed E-state index contributed by atoms with van der Waals surface area (Å²) in [6.07, 6.45) is 5.26. The smallest absolute Gasteiger partial charge is 0.117 e. The van der Waals surface area contributed by atoms with Gasteiger partial charge in [-0.3, -0.25) is 0 Å². The Morgan fingerprint density at radius 1 is 1.05 bits per heavy atom. The Morgan fingerprint density at radius 3 is 2.32 bits per heavy atom. The molecule has 0 heterocycles. The fraction of sp³-hybridized carbons (Fsp3) is 1.00. The van der Waals surface area contributed by atoms with Crippen LogP contribution in [0.2, 0.25) is 0 Å². The van der Waals surface area contributed by atoms with Crippen LogP contribution < -0.4 is 0 Å². The van der Waals surface area contributed by atoms with E-state index in [1.807, 2.05) is 23.7 Å². The van der Waals surface area contributed by atoms with Crippen molar-refractivity contribution in [1.29, 1.82) is 0 Å². The first-order valence-electron chi connectivity index (χ1n) is 7.82. The van der Waals surface area contributed by atoms with Crippen LogP contribution >= 0.6 is 23.7 Å². The van der Waals surface area contributed by atoms with E-state index in [0.717, 1.165) is 19.5 Å². The van der Waals surface area contributed by atoms with E-state index in [1.54, 1.807) is 0 Å². The van der Waals surface area contributed by atoms with Crippen molar-refractivity contribution in [2.45, 2.75) is 71.8 Å². The summed E-state index contributed by atoms with van der Waals surface area (Å²) in [6, 6.07) is 0. The third kappa shape index (κ3) is 11.0. The molecule has 0 aromatic carbocycles. The van der Waals surface area contributed by atoms with Crippen LogP contribution in [0.25, 0.3) is 0 Å². The average molecular weight is 308 g/mol. The van der Waals surface area contributed by atoms with Crippen LogP contribution in [0.15, 0.2) is 0 Å². The predicted octanol–water partition coefficient (Wildman–Crippen LogP) is 5.04. The van der Waals surface area contributed by atoms with Gasteiger partial charge in [0.05, 0.1) is 6.10 Å². The van der Waals surface area contributed by atoms with Gasteiger partial charge in [0, 0.05) is 18.8 Å². The molecule has 0 radical (unpaired) electrons. The highest BCUT2D eigenvalue weighted by atomic mass is 32.2. The average Bonchev–Trinajstić information content (AvgIpc) is 2.43. The van der Waals surface area contributed by atoms with Crippen molar-refractivity contribution < 1.29 is 4.74 Å². The lowest BCUT2D eigenvalue weighted by molar-refractivity contribution is 0.0380. The standard InChI is InChI=1S/C15H33NOS2/c1-6-10-12-18-15(17-14(5)8-3)13-16(9-4)19-11-7-2/h14-15H,6-13H2,1-5H3. The third-order valence-electron chi connectivity index (χ3n) is 2.94. The van der Waals surface area contributed by atoms with Gasteiger partial charge in [0.1, 0.15) is 5.44 Å². The number of thioether (sulfide) groups is 1. The molecule has 0 aliphatic carbocycles. The molecule has 4 heteroatoms. The van der Waals surface area contributed by atoms with Crippen molar-refractivity contribution in [2.75, 3.05) is 24.6 Å². The van der Waals surface area contributed by atoms with Crippen LogP contribution in [0.1, 0.15) is 60.3 Å². The van der Waals surface area contributed by atoms with Crippen molar-refractivity contribution in [2.24, 2.45) is 0 Å². The zero-order chi connectivity index (χ0) is 14.5. The van der Waals surface area contributed by atoms with Crippen LogP contribution in [-0.2, 0) is 4.74 Å². The Morgan fingerprint density at radius 2 is 1.79 bits per heavy atom. The minimum absolute atomic E-state index is 0.325. The summed E-state index contributed by atoms with van der Waals surface area (Å²) in [5.74, 6) is 2.43. The number of ether oxygens (including phenoxy) is 1. The SMILES string of the molecule is CCCCSC(CN(CC)SCCC)OC(C)CC. The Labute approximate surface area is 129 Å². The van der Waals surface area contributed by atoms with E-state index >= 15 is 0 Å². The molecule has 0 saturated heterocycles. The molecular formula is C15H33NOS2. The summed E-state index contributed by atoms with van der Waals surface area (Å²) in [5.41, 5.74) is 0.325. The number of nitrogens with zero attached hydrogens (tertiary/aromatic N) is 1. The second kappa shape index (κ2) is 13.6. The molecule has 0 aromatic rings. The van der Waals surface area contributed by atoms with Gasteiger partial charge in [-0.15, -0.1) is 11.8 Å². The first-order chi connectivity index (χ1) is 9.17. The van der Waals surface area contributed by atoms with Gasteiger partial charge in [-0.1, -0.05) is 46.1 Å². The molecule has 0 saturated carbocycles. The molecule has 19 heavy (non-hydrogen) atoms. The molecule has 0 bridgehead atoms. The zero-order valence-corrected chi connectivity index (χ0v) is 15.1. The lowest BCUT2D eigenvalue weighted by Crippen LogP contribution is -2.30. The molecule has 0 aliphatic rings. The van der Waals surface area contributed by atoms with E-state index in [1.165, 1.54) is 30.8 Å². The number of rotatable bonds is 13. The molecule has 0 rings (SSSR count). The highest BCUT2D eigenvalue weighted by Gasteiger charge is 2.16. The van der Waals surface area contributed by atoms with Crippen LogP contribution in [0.4, 0.5) is 0 Å². The summed E-state index contributed by atoms with van der Waals surface area (Å²) in [5, 5.41) is 0. The van der Waals surface area contributed by atoms with Crippen molar-refractivity contribution in [3.63, 3.8) is 0 Å². The summed E-state index contributed by atoms with van der Waals surface area (Å²) in [4.78, 5) is 0. The first-order valence-corrected chi connectivity index (χ1v) is 9.81. The van der Waals surface area contributed by atoms with Crippen molar-refractivity contribution in [3.05, 3.63) is 0 Å². The van der Waals surface area contributed by atoms with E-state index in [9.17, 15) is 0 Å². The lowest BCUT2D eigenvalue weighted by Gasteiger charge is -2.27. The van der Waals surface area contributed by atoms with Gasteiger partial charge in [0.25, 0.3) is 0 Å². The minimum Gasteiger partial charge on any atom is -0.363 e. The Hall–Kier alpha value is 0.620. The third-order valence-corrected chi connectivity index (χ3v) is 5.46. The lowest BCUT2D eigenvalue weighted by atomic mass is 10.3. The maximum atomic E-state index is 6.17. The zero-order valence-electron chi connectivity index (χ0n) is 13.5. The summed E-state index contributed by atoms with van der Waals surface area (Å²) in [7, 11) is 0. The van der Waals surface area contributed by atoms with Gasteiger partial charge < -0.3 is 4.74 Å². The fourth-order valence-electron chi connectivity index (χ4n) is 1.51. The summed E-state index contributed by atoms with van der Waals surface area (Å²) in [6.45, 7) is 13.2. The number of likely N-dealkylation sites (N-methyl/N-ethyl adjacent to an activating group) is 1. The molecule has 2 atom stereocenters. The highest BCUT2D eigenvalue weighted by molar-refractivity contribution is 8.00. The first kappa shape index (κ1) is 19.6. The normalized spacial score (nSPS) is 14.8. The quantitative estimate of drug-likeness (QED) is 0.268. The Bertz CT molecular complexity index is 193. The predicted molar refractivity (Wildman–Crippen MR) is 92.0 cm³/mol. The molecule has 0 N–H and O–H groups in total. The molecule has 0 spiro atoms. The van der Waals surface area contributed by atoms with E-state index in [-0.39, 0.29) is 0 Å². The van der Waals surface area contributed by atoms with Crippen molar-refractivity contribution in [3.8, 4) is 0 Å². The van der Waals surface area contributed by atoms with Crippen LogP contribution in [-0.4, -0.2) is 40.4 Å². The maximum Gasteiger partial charge on any atom is 0.117 e. The van der Waals surface area contributed by atoms with Gasteiger partial charge in [-0.05, 0) is 31.9 Å². The Balaban J connectivity index is 4.19. The molecule has 0 fully saturated rings.